The normalized spacial score (nSPS) is 15.4. The second-order valence-corrected chi connectivity index (χ2v) is 5.39. The molecule has 2 aromatic rings. The van der Waals surface area contributed by atoms with Gasteiger partial charge >= 0.3 is 11.9 Å². The number of aryl methyl sites for hydroxylation is 1. The van der Waals surface area contributed by atoms with Gasteiger partial charge in [-0.1, -0.05) is 17.7 Å². The molecule has 0 aliphatic carbocycles. The number of rotatable bonds is 3. The maximum Gasteiger partial charge on any atom is 0.363 e. The molecular weight excluding hydrogens is 334 g/mol. The number of halogens is 1. The van der Waals surface area contributed by atoms with Crippen LogP contribution in [0.3, 0.4) is 0 Å². The molecule has 1 aliphatic rings. The standard InChI is InChI=1S/C17H12ClNO5/c1-9-13(16(20)22-2)7-12(23-9)8-14-17(21)24-15(19-14)10-4-3-5-11(18)6-10/h3-8H,1-2H3/b14-8-. The number of carbonyl (C=O) groups excluding carboxylic acids is 2. The Morgan fingerprint density at radius 1 is 1.33 bits per heavy atom. The third-order valence-electron chi connectivity index (χ3n) is 3.31. The zero-order chi connectivity index (χ0) is 17.3. The van der Waals surface area contributed by atoms with Crippen molar-refractivity contribution in [1.29, 1.82) is 0 Å². The van der Waals surface area contributed by atoms with Crippen LogP contribution in [0.25, 0.3) is 6.08 Å². The summed E-state index contributed by atoms with van der Waals surface area (Å²) in [5, 5.41) is 0.507. The van der Waals surface area contributed by atoms with E-state index in [9.17, 15) is 9.59 Å². The quantitative estimate of drug-likeness (QED) is 0.629. The number of ether oxygens (including phenoxy) is 2. The molecule has 3 rings (SSSR count). The van der Waals surface area contributed by atoms with Crippen LogP contribution in [0.15, 0.2) is 45.4 Å². The fourth-order valence-corrected chi connectivity index (χ4v) is 2.37. The van der Waals surface area contributed by atoms with E-state index in [2.05, 4.69) is 9.73 Å². The Morgan fingerprint density at radius 3 is 2.83 bits per heavy atom. The number of hydrogen-bond donors (Lipinski definition) is 0. The fourth-order valence-electron chi connectivity index (χ4n) is 2.18. The Bertz CT molecular complexity index is 894. The van der Waals surface area contributed by atoms with Gasteiger partial charge in [-0.25, -0.2) is 14.6 Å². The Kier molecular flexibility index (Phi) is 4.22. The zero-order valence-electron chi connectivity index (χ0n) is 12.8. The molecule has 6 nitrogen and oxygen atoms in total. The van der Waals surface area contributed by atoms with E-state index in [1.807, 2.05) is 0 Å². The van der Waals surface area contributed by atoms with Crippen molar-refractivity contribution in [3.63, 3.8) is 0 Å². The van der Waals surface area contributed by atoms with E-state index in [-0.39, 0.29) is 17.2 Å². The zero-order valence-corrected chi connectivity index (χ0v) is 13.6. The number of nitrogens with zero attached hydrogens (tertiary/aromatic N) is 1. The van der Waals surface area contributed by atoms with Crippen LogP contribution in [0.4, 0.5) is 0 Å². The molecule has 0 unspecified atom stereocenters. The molecule has 0 atom stereocenters. The van der Waals surface area contributed by atoms with Crippen LogP contribution in [0, 0.1) is 6.92 Å². The van der Waals surface area contributed by atoms with Gasteiger partial charge in [-0.3, -0.25) is 0 Å². The van der Waals surface area contributed by atoms with Crippen molar-refractivity contribution in [1.82, 2.24) is 0 Å². The molecule has 0 saturated heterocycles. The molecule has 1 aliphatic heterocycles. The molecule has 0 amide bonds. The van der Waals surface area contributed by atoms with Gasteiger partial charge in [0.15, 0.2) is 5.70 Å². The number of carbonyl (C=O) groups is 2. The maximum atomic E-state index is 12.0. The summed E-state index contributed by atoms with van der Waals surface area (Å²) < 4.78 is 15.2. The van der Waals surface area contributed by atoms with Gasteiger partial charge in [-0.15, -0.1) is 0 Å². The summed E-state index contributed by atoms with van der Waals surface area (Å²) >= 11 is 5.92. The third-order valence-corrected chi connectivity index (χ3v) is 3.55. The van der Waals surface area contributed by atoms with Crippen molar-refractivity contribution in [3.8, 4) is 0 Å². The number of aliphatic imine (C=N–C) groups is 1. The largest absolute Gasteiger partial charge is 0.465 e. The Morgan fingerprint density at radius 2 is 2.12 bits per heavy atom. The molecule has 1 aromatic heterocycles. The SMILES string of the molecule is COC(=O)c1cc(/C=C2\N=C(c3cccc(Cl)c3)OC2=O)oc1C. The summed E-state index contributed by atoms with van der Waals surface area (Å²) in [5.74, 6) is -0.281. The molecule has 24 heavy (non-hydrogen) atoms. The monoisotopic (exact) mass is 345 g/mol. The molecule has 0 bridgehead atoms. The lowest BCUT2D eigenvalue weighted by atomic mass is 10.2. The lowest BCUT2D eigenvalue weighted by Crippen LogP contribution is -2.05. The molecule has 0 saturated carbocycles. The highest BCUT2D eigenvalue weighted by atomic mass is 35.5. The van der Waals surface area contributed by atoms with Gasteiger partial charge in [-0.05, 0) is 31.2 Å². The van der Waals surface area contributed by atoms with Crippen molar-refractivity contribution < 1.29 is 23.5 Å². The average molecular weight is 346 g/mol. The van der Waals surface area contributed by atoms with Crippen molar-refractivity contribution in [2.24, 2.45) is 4.99 Å². The van der Waals surface area contributed by atoms with Crippen LogP contribution >= 0.6 is 11.6 Å². The number of esters is 2. The highest BCUT2D eigenvalue weighted by Gasteiger charge is 2.25. The van der Waals surface area contributed by atoms with Gasteiger partial charge in [0.1, 0.15) is 17.1 Å². The van der Waals surface area contributed by atoms with E-state index in [4.69, 9.17) is 20.8 Å². The molecule has 1 aromatic carbocycles. The topological polar surface area (TPSA) is 78.1 Å². The second-order valence-electron chi connectivity index (χ2n) is 4.96. The number of furan rings is 1. The predicted molar refractivity (Wildman–Crippen MR) is 86.8 cm³/mol. The summed E-state index contributed by atoms with van der Waals surface area (Å²) in [4.78, 5) is 27.7. The molecule has 7 heteroatoms. The highest BCUT2D eigenvalue weighted by Crippen LogP contribution is 2.23. The van der Waals surface area contributed by atoms with E-state index < -0.39 is 11.9 Å². The van der Waals surface area contributed by atoms with Gasteiger partial charge in [-0.2, -0.15) is 0 Å². The first-order valence-electron chi connectivity index (χ1n) is 6.95. The fraction of sp³-hybridized carbons (Fsp3) is 0.118. The predicted octanol–water partition coefficient (Wildman–Crippen LogP) is 3.37. The average Bonchev–Trinajstić information content (AvgIpc) is 3.10. The van der Waals surface area contributed by atoms with Crippen LogP contribution < -0.4 is 0 Å². The Labute approximate surface area is 142 Å². The minimum atomic E-state index is -0.612. The van der Waals surface area contributed by atoms with Crippen molar-refractivity contribution in [2.45, 2.75) is 6.92 Å². The number of methoxy groups -OCH3 is 1. The van der Waals surface area contributed by atoms with Gasteiger partial charge in [0.05, 0.1) is 7.11 Å². The number of hydrogen-bond acceptors (Lipinski definition) is 6. The van der Waals surface area contributed by atoms with E-state index >= 15 is 0 Å². The Hall–Kier alpha value is -2.86. The van der Waals surface area contributed by atoms with Crippen molar-refractivity contribution in [2.75, 3.05) is 7.11 Å². The van der Waals surface area contributed by atoms with Crippen LogP contribution in [-0.2, 0) is 14.3 Å². The number of cyclic esters (lactones) is 1. The van der Waals surface area contributed by atoms with Gasteiger partial charge in [0.2, 0.25) is 5.90 Å². The number of benzene rings is 1. The first-order valence-corrected chi connectivity index (χ1v) is 7.33. The minimum absolute atomic E-state index is 0.0649. The van der Waals surface area contributed by atoms with Gasteiger partial charge < -0.3 is 13.9 Å². The molecule has 0 fully saturated rings. The van der Waals surface area contributed by atoms with Crippen LogP contribution in [-0.4, -0.2) is 24.9 Å². The van der Waals surface area contributed by atoms with E-state index in [1.54, 1.807) is 31.2 Å². The van der Waals surface area contributed by atoms with Crippen molar-refractivity contribution in [3.05, 3.63) is 63.7 Å². The summed E-state index contributed by atoms with van der Waals surface area (Å²) in [5.41, 5.74) is 0.940. The lowest BCUT2D eigenvalue weighted by Gasteiger charge is -1.98. The summed E-state index contributed by atoms with van der Waals surface area (Å²) in [6.45, 7) is 1.63. The Balaban J connectivity index is 1.93. The maximum absolute atomic E-state index is 12.0. The smallest absolute Gasteiger partial charge is 0.363 e. The van der Waals surface area contributed by atoms with Crippen molar-refractivity contribution >= 4 is 35.5 Å². The molecule has 0 radical (unpaired) electrons. The van der Waals surface area contributed by atoms with Gasteiger partial charge in [0, 0.05) is 16.7 Å². The second kappa shape index (κ2) is 6.33. The first-order chi connectivity index (χ1) is 11.5. The molecular formula is C17H12ClNO5. The molecule has 122 valence electrons. The molecule has 0 spiro atoms. The molecule has 2 heterocycles. The van der Waals surface area contributed by atoms with E-state index in [0.29, 0.717) is 22.1 Å². The summed E-state index contributed by atoms with van der Waals surface area (Å²) in [6.07, 6.45) is 1.40. The van der Waals surface area contributed by atoms with E-state index in [0.717, 1.165) is 0 Å². The highest BCUT2D eigenvalue weighted by molar-refractivity contribution is 6.31. The van der Waals surface area contributed by atoms with Gasteiger partial charge in [0.25, 0.3) is 0 Å². The van der Waals surface area contributed by atoms with Crippen LogP contribution in [0.1, 0.15) is 27.4 Å². The van der Waals surface area contributed by atoms with Crippen LogP contribution in [0.5, 0.6) is 0 Å². The third kappa shape index (κ3) is 3.09. The van der Waals surface area contributed by atoms with Crippen LogP contribution in [0.2, 0.25) is 5.02 Å². The van der Waals surface area contributed by atoms with E-state index in [1.165, 1.54) is 19.3 Å². The molecule has 0 N–H and O–H groups in total. The first kappa shape index (κ1) is 16.0. The summed E-state index contributed by atoms with van der Waals surface area (Å²) in [7, 11) is 1.28. The summed E-state index contributed by atoms with van der Waals surface area (Å²) in [6, 6.07) is 8.29. The lowest BCUT2D eigenvalue weighted by molar-refractivity contribution is -0.129. The minimum Gasteiger partial charge on any atom is -0.465 e.